The van der Waals surface area contributed by atoms with Crippen molar-refractivity contribution in [1.82, 2.24) is 5.32 Å². The Balaban J connectivity index is 2.52. The summed E-state index contributed by atoms with van der Waals surface area (Å²) >= 11 is 0. The average molecular weight is 212 g/mol. The number of nitrogens with one attached hydrogen (secondary N) is 1. The van der Waals surface area contributed by atoms with E-state index in [0.29, 0.717) is 5.92 Å². The standard InChI is InChI=1S/C9H16N4O2/c10-13-11-6-8(12-9(14)15)7-4-2-1-3-5-7/h7-8,12H,1-6H2,(H,14,15)/t8-/m0/s1. The van der Waals surface area contributed by atoms with Crippen LogP contribution < -0.4 is 5.32 Å². The topological polar surface area (TPSA) is 98.1 Å². The highest BCUT2D eigenvalue weighted by molar-refractivity contribution is 5.64. The van der Waals surface area contributed by atoms with E-state index in [9.17, 15) is 4.79 Å². The van der Waals surface area contributed by atoms with Crippen molar-refractivity contribution in [3.05, 3.63) is 10.4 Å². The van der Waals surface area contributed by atoms with Gasteiger partial charge < -0.3 is 10.4 Å². The van der Waals surface area contributed by atoms with Gasteiger partial charge in [0, 0.05) is 17.5 Å². The van der Waals surface area contributed by atoms with Gasteiger partial charge in [-0.15, -0.1) is 0 Å². The first-order chi connectivity index (χ1) is 7.24. The molecule has 0 heterocycles. The second kappa shape index (κ2) is 6.14. The summed E-state index contributed by atoms with van der Waals surface area (Å²) in [5.74, 6) is 0.320. The number of amides is 1. The maximum Gasteiger partial charge on any atom is 0.404 e. The van der Waals surface area contributed by atoms with Crippen molar-refractivity contribution < 1.29 is 9.90 Å². The molecule has 0 aromatic carbocycles. The molecule has 1 rings (SSSR count). The number of carboxylic acid groups (broad SMARTS) is 1. The molecule has 0 saturated heterocycles. The van der Waals surface area contributed by atoms with Gasteiger partial charge in [-0.3, -0.25) is 0 Å². The highest BCUT2D eigenvalue weighted by Gasteiger charge is 2.24. The lowest BCUT2D eigenvalue weighted by molar-refractivity contribution is 0.179. The molecule has 1 saturated carbocycles. The van der Waals surface area contributed by atoms with E-state index in [2.05, 4.69) is 15.3 Å². The maximum atomic E-state index is 10.6. The first kappa shape index (κ1) is 11.7. The molecule has 15 heavy (non-hydrogen) atoms. The van der Waals surface area contributed by atoms with E-state index in [1.807, 2.05) is 0 Å². The van der Waals surface area contributed by atoms with E-state index in [1.165, 1.54) is 6.42 Å². The van der Waals surface area contributed by atoms with Gasteiger partial charge in [0.15, 0.2) is 0 Å². The molecule has 6 heteroatoms. The molecular formula is C9H16N4O2. The summed E-state index contributed by atoms with van der Waals surface area (Å²) in [4.78, 5) is 13.2. The van der Waals surface area contributed by atoms with Gasteiger partial charge in [0.1, 0.15) is 0 Å². The predicted molar refractivity (Wildman–Crippen MR) is 55.5 cm³/mol. The molecule has 1 aliphatic carbocycles. The summed E-state index contributed by atoms with van der Waals surface area (Å²) in [6.45, 7) is 0.216. The Bertz CT molecular complexity index is 253. The Hall–Kier alpha value is -1.42. The second-order valence-corrected chi connectivity index (χ2v) is 3.87. The van der Waals surface area contributed by atoms with Gasteiger partial charge in [0.25, 0.3) is 0 Å². The van der Waals surface area contributed by atoms with E-state index < -0.39 is 6.09 Å². The predicted octanol–water partition coefficient (Wildman–Crippen LogP) is 2.51. The van der Waals surface area contributed by atoms with Gasteiger partial charge in [-0.25, -0.2) is 4.79 Å². The molecular weight excluding hydrogens is 196 g/mol. The van der Waals surface area contributed by atoms with Crippen LogP contribution in [-0.2, 0) is 0 Å². The monoisotopic (exact) mass is 212 g/mol. The van der Waals surface area contributed by atoms with Crippen LogP contribution in [0.2, 0.25) is 0 Å². The van der Waals surface area contributed by atoms with E-state index >= 15 is 0 Å². The molecule has 1 atom stereocenters. The zero-order valence-corrected chi connectivity index (χ0v) is 8.59. The lowest BCUT2D eigenvalue weighted by atomic mass is 9.84. The Morgan fingerprint density at radius 3 is 2.73 bits per heavy atom. The lowest BCUT2D eigenvalue weighted by Gasteiger charge is -2.28. The minimum atomic E-state index is -1.04. The van der Waals surface area contributed by atoms with E-state index in [-0.39, 0.29) is 12.6 Å². The fraction of sp³-hybridized carbons (Fsp3) is 0.889. The third kappa shape index (κ3) is 4.08. The van der Waals surface area contributed by atoms with Crippen LogP contribution in [0.15, 0.2) is 5.11 Å². The lowest BCUT2D eigenvalue weighted by Crippen LogP contribution is -2.42. The smallest absolute Gasteiger partial charge is 0.404 e. The first-order valence-corrected chi connectivity index (χ1v) is 5.24. The summed E-state index contributed by atoms with van der Waals surface area (Å²) in [5, 5.41) is 14.6. The van der Waals surface area contributed by atoms with Crippen molar-refractivity contribution in [2.45, 2.75) is 38.1 Å². The maximum absolute atomic E-state index is 10.6. The van der Waals surface area contributed by atoms with Crippen LogP contribution in [0, 0.1) is 5.92 Å². The molecule has 1 amide bonds. The normalized spacial score (nSPS) is 18.9. The minimum Gasteiger partial charge on any atom is -0.465 e. The van der Waals surface area contributed by atoms with Crippen LogP contribution in [0.25, 0.3) is 10.4 Å². The van der Waals surface area contributed by atoms with Gasteiger partial charge >= 0.3 is 6.09 Å². The number of carbonyl (C=O) groups is 1. The minimum absolute atomic E-state index is 0.216. The van der Waals surface area contributed by atoms with Gasteiger partial charge in [0.05, 0.1) is 0 Å². The Kier molecular flexibility index (Phi) is 4.77. The van der Waals surface area contributed by atoms with E-state index in [0.717, 1.165) is 25.7 Å². The van der Waals surface area contributed by atoms with Crippen LogP contribution in [0.1, 0.15) is 32.1 Å². The van der Waals surface area contributed by atoms with Crippen LogP contribution in [0.5, 0.6) is 0 Å². The largest absolute Gasteiger partial charge is 0.465 e. The number of azide groups is 1. The van der Waals surface area contributed by atoms with Crippen molar-refractivity contribution in [2.75, 3.05) is 6.54 Å². The summed E-state index contributed by atoms with van der Waals surface area (Å²) in [6.07, 6.45) is 4.49. The Morgan fingerprint density at radius 1 is 1.53 bits per heavy atom. The van der Waals surface area contributed by atoms with Gasteiger partial charge in [-0.05, 0) is 24.3 Å². The van der Waals surface area contributed by atoms with Crippen LogP contribution in [0.4, 0.5) is 4.79 Å². The molecule has 0 aliphatic heterocycles. The molecule has 1 aliphatic rings. The molecule has 84 valence electrons. The number of rotatable bonds is 4. The molecule has 0 aromatic rings. The average Bonchev–Trinajstić information content (AvgIpc) is 2.25. The summed E-state index contributed by atoms with van der Waals surface area (Å²) in [5.41, 5.74) is 8.23. The van der Waals surface area contributed by atoms with Crippen LogP contribution in [-0.4, -0.2) is 23.8 Å². The number of hydrogen-bond donors (Lipinski definition) is 2. The van der Waals surface area contributed by atoms with Gasteiger partial charge in [0.2, 0.25) is 0 Å². The zero-order chi connectivity index (χ0) is 11.1. The van der Waals surface area contributed by atoms with Gasteiger partial charge in [-0.2, -0.15) is 0 Å². The quantitative estimate of drug-likeness (QED) is 0.425. The molecule has 1 fully saturated rings. The second-order valence-electron chi connectivity index (χ2n) is 3.87. The summed E-state index contributed by atoms with van der Waals surface area (Å²) < 4.78 is 0. The zero-order valence-electron chi connectivity index (χ0n) is 8.59. The third-order valence-corrected chi connectivity index (χ3v) is 2.87. The molecule has 2 N–H and O–H groups in total. The van der Waals surface area contributed by atoms with Gasteiger partial charge in [-0.1, -0.05) is 24.4 Å². The molecule has 0 aromatic heterocycles. The summed E-state index contributed by atoms with van der Waals surface area (Å²) in [7, 11) is 0. The van der Waals surface area contributed by atoms with Crippen molar-refractivity contribution in [3.8, 4) is 0 Å². The first-order valence-electron chi connectivity index (χ1n) is 5.24. The molecule has 0 unspecified atom stereocenters. The van der Waals surface area contributed by atoms with Crippen molar-refractivity contribution in [1.29, 1.82) is 0 Å². The molecule has 0 spiro atoms. The fourth-order valence-electron chi connectivity index (χ4n) is 2.13. The highest BCUT2D eigenvalue weighted by Crippen LogP contribution is 2.26. The van der Waals surface area contributed by atoms with E-state index in [1.54, 1.807) is 0 Å². The van der Waals surface area contributed by atoms with Crippen LogP contribution in [0.3, 0.4) is 0 Å². The van der Waals surface area contributed by atoms with Crippen molar-refractivity contribution >= 4 is 6.09 Å². The van der Waals surface area contributed by atoms with Crippen molar-refractivity contribution in [2.24, 2.45) is 11.0 Å². The SMILES string of the molecule is [N-]=[N+]=NC[C@H](NC(=O)O)C1CCCCC1. The highest BCUT2D eigenvalue weighted by atomic mass is 16.4. The summed E-state index contributed by atoms with van der Waals surface area (Å²) in [6, 6.07) is -0.223. The van der Waals surface area contributed by atoms with Crippen molar-refractivity contribution in [3.63, 3.8) is 0 Å². The molecule has 0 bridgehead atoms. The van der Waals surface area contributed by atoms with E-state index in [4.69, 9.17) is 10.6 Å². The Morgan fingerprint density at radius 2 is 2.20 bits per heavy atom. The molecule has 0 radical (unpaired) electrons. The molecule has 6 nitrogen and oxygen atoms in total. The fourth-order valence-corrected chi connectivity index (χ4v) is 2.13. The van der Waals surface area contributed by atoms with Crippen LogP contribution >= 0.6 is 0 Å². The Labute approximate surface area is 88.3 Å². The third-order valence-electron chi connectivity index (χ3n) is 2.87. The number of hydrogen-bond acceptors (Lipinski definition) is 2. The number of nitrogens with zero attached hydrogens (tertiary/aromatic N) is 3.